The van der Waals surface area contributed by atoms with Gasteiger partial charge in [0.05, 0.1) is 52.1 Å². The van der Waals surface area contributed by atoms with E-state index in [0.717, 1.165) is 78.3 Å². The second-order valence-electron chi connectivity index (χ2n) is 17.2. The van der Waals surface area contributed by atoms with Gasteiger partial charge in [-0.15, -0.1) is 0 Å². The average Bonchev–Trinajstić information content (AvgIpc) is 3.90. The summed E-state index contributed by atoms with van der Waals surface area (Å²) in [6, 6.07) is 9.21. The number of aliphatic imine (C=N–C) groups is 1. The number of aryl methyl sites for hydroxylation is 2. The fourth-order valence-electron chi connectivity index (χ4n) is 9.14. The van der Waals surface area contributed by atoms with Crippen molar-refractivity contribution in [3.63, 3.8) is 0 Å². The number of fused-ring (bicyclic) bond motifs is 2. The van der Waals surface area contributed by atoms with E-state index in [-0.39, 0.29) is 42.4 Å². The van der Waals surface area contributed by atoms with Crippen LogP contribution in [0.5, 0.6) is 0 Å². The lowest BCUT2D eigenvalue weighted by Crippen LogP contribution is -2.43. The van der Waals surface area contributed by atoms with Crippen molar-refractivity contribution in [2.24, 2.45) is 10.7 Å². The Hall–Kier alpha value is -5.08. The van der Waals surface area contributed by atoms with Crippen LogP contribution in [0.15, 0.2) is 41.5 Å². The van der Waals surface area contributed by atoms with E-state index in [9.17, 15) is 23.2 Å². The molecule has 1 fully saturated rings. The zero-order valence-electron chi connectivity index (χ0n) is 38.6. The van der Waals surface area contributed by atoms with Gasteiger partial charge in [-0.1, -0.05) is 18.7 Å². The lowest BCUT2D eigenvalue weighted by Gasteiger charge is -2.34. The van der Waals surface area contributed by atoms with Crippen molar-refractivity contribution in [3.05, 3.63) is 75.6 Å². The minimum Gasteiger partial charge on any atom is -0.394 e. The summed E-state index contributed by atoms with van der Waals surface area (Å²) in [6.07, 6.45) is 2.80. The number of thioether (sulfide) groups is 1. The Labute approximate surface area is 390 Å². The summed E-state index contributed by atoms with van der Waals surface area (Å²) in [5.41, 5.74) is 13.2. The molecule has 3 aromatic rings. The van der Waals surface area contributed by atoms with Gasteiger partial charge in [-0.3, -0.25) is 29.0 Å². The molecule has 66 heavy (non-hydrogen) atoms. The predicted octanol–water partition coefficient (Wildman–Crippen LogP) is 4.76. The Morgan fingerprint density at radius 1 is 1.00 bits per heavy atom. The number of alkyl halides is 2. The van der Waals surface area contributed by atoms with Gasteiger partial charge in [-0.25, -0.2) is 8.78 Å². The van der Waals surface area contributed by atoms with Crippen LogP contribution < -0.4 is 31.9 Å². The number of carbonyl (C=O) groups excluding carboxylic acids is 3. The van der Waals surface area contributed by atoms with Crippen LogP contribution in [-0.4, -0.2) is 140 Å². The smallest absolute Gasteiger partial charge is 0.264 e. The molecule has 3 amide bonds. The maximum absolute atomic E-state index is 14.7. The van der Waals surface area contributed by atoms with Crippen molar-refractivity contribution in [1.29, 1.82) is 0 Å². The molecular weight excluding hydrogens is 869 g/mol. The maximum Gasteiger partial charge on any atom is 0.264 e. The summed E-state index contributed by atoms with van der Waals surface area (Å²) in [4.78, 5) is 48.6. The van der Waals surface area contributed by atoms with Crippen LogP contribution in [0.3, 0.4) is 0 Å². The van der Waals surface area contributed by atoms with Gasteiger partial charge in [0.2, 0.25) is 11.8 Å². The number of halogens is 2. The molecule has 4 aliphatic heterocycles. The lowest BCUT2D eigenvalue weighted by atomic mass is 9.91. The van der Waals surface area contributed by atoms with Crippen LogP contribution in [0.2, 0.25) is 0 Å². The number of carbonyl (C=O) groups is 3. The monoisotopic (exact) mass is 933 g/mol. The number of nitrogens with one attached hydrogen (secondary N) is 4. The van der Waals surface area contributed by atoms with Gasteiger partial charge < -0.3 is 46.3 Å². The molecule has 358 valence electrons. The Morgan fingerprint density at radius 2 is 1.77 bits per heavy atom. The zero-order chi connectivity index (χ0) is 46.7. The summed E-state index contributed by atoms with van der Waals surface area (Å²) >= 11 is 1.57. The van der Waals surface area contributed by atoms with Gasteiger partial charge in [0.25, 0.3) is 12.3 Å². The highest BCUT2D eigenvalue weighted by molar-refractivity contribution is 8.14. The molecule has 0 aliphatic carbocycles. The van der Waals surface area contributed by atoms with E-state index < -0.39 is 6.43 Å². The molecule has 5 heterocycles. The van der Waals surface area contributed by atoms with Gasteiger partial charge >= 0.3 is 0 Å². The van der Waals surface area contributed by atoms with Gasteiger partial charge in [0.1, 0.15) is 0 Å². The van der Waals surface area contributed by atoms with Crippen molar-refractivity contribution in [2.75, 3.05) is 103 Å². The van der Waals surface area contributed by atoms with Gasteiger partial charge in [0, 0.05) is 111 Å². The van der Waals surface area contributed by atoms with Crippen LogP contribution in [0, 0.1) is 6.92 Å². The summed E-state index contributed by atoms with van der Waals surface area (Å²) in [6.45, 7) is 12.5. The minimum atomic E-state index is -2.70. The third-order valence-corrected chi connectivity index (χ3v) is 13.5. The van der Waals surface area contributed by atoms with Gasteiger partial charge in [0.15, 0.2) is 11.0 Å². The quantitative estimate of drug-likeness (QED) is 0.104. The first kappa shape index (κ1) is 48.8. The number of hydrogen-bond acceptors (Lipinski definition) is 13. The Balaban J connectivity index is 0.842. The number of benzene rings is 2. The molecule has 4 aliphatic rings. The number of likely N-dealkylation sites (tertiary alicyclic amines) is 1. The summed E-state index contributed by atoms with van der Waals surface area (Å²) in [5, 5.41) is 18.4. The highest BCUT2D eigenvalue weighted by atomic mass is 32.2. The number of piperidine rings is 1. The summed E-state index contributed by atoms with van der Waals surface area (Å²) in [5.74, 6) is 0.505. The van der Waals surface area contributed by atoms with Crippen molar-refractivity contribution in [3.8, 4) is 0 Å². The SMILES string of the molecule is CN/C=C(\CN)c1cc2c(cc1C(F)F)N(c1nn(C3CCN(CC(=O)NCCOCCOCCNc4ccc(C(=O)NC5=NCC(C)S5)c(C)c4)CC3)c3c1CN(C(C)=O)CC3)CCC2. The molecule has 0 saturated carbocycles. The van der Waals surface area contributed by atoms with Crippen molar-refractivity contribution >= 4 is 57.4 Å². The van der Waals surface area contributed by atoms with E-state index in [1.165, 1.54) is 0 Å². The molecule has 0 spiro atoms. The standard InChI is InChI=1S/C47H65F2N11O5S/c1-30-22-35(7-8-37(30)46(63)55-47-54-26-31(2)66-47)52-12-18-64-20-21-65-19-13-53-43(62)29-57-15-9-36(10-16-57)60-41-11-17-58(32(3)61)28-40(41)45(56-60)59-14-5-6-33-23-38(34(25-50)27-51-4)39(44(48)49)24-42(33)59/h7-8,22-24,27,31,36,44,51-52H,5-6,9-21,25-26,28-29,50H2,1-4H3,(H,53,62)(H,54,55,63)/b34-27+. The zero-order valence-corrected chi connectivity index (χ0v) is 39.4. The normalized spacial score (nSPS) is 18.0. The van der Waals surface area contributed by atoms with Gasteiger partial charge in [-0.2, -0.15) is 5.10 Å². The van der Waals surface area contributed by atoms with Crippen LogP contribution in [0.25, 0.3) is 5.57 Å². The molecule has 0 radical (unpaired) electrons. The van der Waals surface area contributed by atoms with Crippen LogP contribution in [0.1, 0.15) is 89.4 Å². The van der Waals surface area contributed by atoms with E-state index >= 15 is 0 Å². The molecule has 1 aromatic heterocycles. The molecule has 19 heteroatoms. The molecule has 6 N–H and O–H groups in total. The third kappa shape index (κ3) is 12.1. The first-order chi connectivity index (χ1) is 31.9. The molecule has 2 aromatic carbocycles. The molecule has 0 bridgehead atoms. The largest absolute Gasteiger partial charge is 0.394 e. The van der Waals surface area contributed by atoms with Gasteiger partial charge in [-0.05, 0) is 85.2 Å². The average molecular weight is 934 g/mol. The second kappa shape index (κ2) is 23.1. The second-order valence-corrected chi connectivity index (χ2v) is 18.7. The van der Waals surface area contributed by atoms with E-state index in [1.807, 2.05) is 36.1 Å². The molecular formula is C47H65F2N11O5S. The van der Waals surface area contributed by atoms with Crippen LogP contribution in [-0.2, 0) is 38.4 Å². The van der Waals surface area contributed by atoms with E-state index in [1.54, 1.807) is 38.0 Å². The van der Waals surface area contributed by atoms with E-state index in [0.29, 0.717) is 99.2 Å². The molecule has 1 unspecified atom stereocenters. The number of amides is 3. The number of amidine groups is 1. The first-order valence-electron chi connectivity index (χ1n) is 23.1. The number of anilines is 3. The number of aromatic nitrogens is 2. The summed E-state index contributed by atoms with van der Waals surface area (Å²) in [7, 11) is 1.73. The third-order valence-electron chi connectivity index (χ3n) is 12.5. The van der Waals surface area contributed by atoms with E-state index in [4.69, 9.17) is 20.3 Å². The molecule has 1 saturated heterocycles. The highest BCUT2D eigenvalue weighted by Gasteiger charge is 2.35. The Bertz CT molecular complexity index is 2260. The topological polar surface area (TPSA) is 184 Å². The number of hydrogen-bond donors (Lipinski definition) is 5. The fourth-order valence-corrected chi connectivity index (χ4v) is 9.97. The molecule has 1 atom stereocenters. The molecule has 16 nitrogen and oxygen atoms in total. The maximum atomic E-state index is 14.7. The Kier molecular flexibility index (Phi) is 17.1. The number of ether oxygens (including phenoxy) is 2. The molecule has 7 rings (SSSR count). The number of rotatable bonds is 19. The van der Waals surface area contributed by atoms with Crippen molar-refractivity contribution in [2.45, 2.75) is 77.1 Å². The van der Waals surface area contributed by atoms with E-state index in [2.05, 4.69) is 47.7 Å². The van der Waals surface area contributed by atoms with Crippen molar-refractivity contribution in [1.82, 2.24) is 35.5 Å². The summed E-state index contributed by atoms with van der Waals surface area (Å²) < 4.78 is 42.9. The number of nitrogens with two attached hydrogens (primary N) is 1. The lowest BCUT2D eigenvalue weighted by molar-refractivity contribution is -0.129. The first-order valence-corrected chi connectivity index (χ1v) is 24.0. The number of nitrogens with zero attached hydrogens (tertiary/aromatic N) is 6. The highest BCUT2D eigenvalue weighted by Crippen LogP contribution is 2.43. The van der Waals surface area contributed by atoms with Crippen LogP contribution in [0.4, 0.5) is 26.0 Å². The minimum absolute atomic E-state index is 0.00997. The van der Waals surface area contributed by atoms with Crippen LogP contribution >= 0.6 is 11.8 Å². The fraction of sp³-hybridized carbons (Fsp3) is 0.553. The van der Waals surface area contributed by atoms with Crippen molar-refractivity contribution < 1.29 is 32.6 Å². The Morgan fingerprint density at radius 3 is 2.45 bits per heavy atom. The predicted molar refractivity (Wildman–Crippen MR) is 256 cm³/mol.